The van der Waals surface area contributed by atoms with Gasteiger partial charge in [0.25, 0.3) is 11.8 Å². The van der Waals surface area contributed by atoms with Crippen molar-refractivity contribution < 1.29 is 24.2 Å². The average Bonchev–Trinajstić information content (AvgIpc) is 2.82. The second-order valence-electron chi connectivity index (χ2n) is 7.21. The van der Waals surface area contributed by atoms with Crippen molar-refractivity contribution in [2.45, 2.75) is 13.8 Å². The number of benzene rings is 3. The molecule has 176 valence electrons. The number of nitrogens with one attached hydrogen (secondary N) is 2. The van der Waals surface area contributed by atoms with Gasteiger partial charge in [0.2, 0.25) is 0 Å². The third kappa shape index (κ3) is 7.20. The number of carbonyl (C=O) groups is 2. The van der Waals surface area contributed by atoms with Crippen LogP contribution >= 0.6 is 22.6 Å². The Hall–Kier alpha value is -3.60. The monoisotopic (exact) mass is 573 g/mol. The Morgan fingerprint density at radius 1 is 1.03 bits per heavy atom. The van der Waals surface area contributed by atoms with E-state index < -0.39 is 5.91 Å². The number of hydrogen-bond acceptors (Lipinski definition) is 6. The molecule has 0 aliphatic rings. The van der Waals surface area contributed by atoms with Gasteiger partial charge in [-0.05, 0) is 90.5 Å². The number of anilines is 1. The number of aryl methyl sites for hydroxylation is 1. The van der Waals surface area contributed by atoms with Gasteiger partial charge in [0.1, 0.15) is 5.75 Å². The summed E-state index contributed by atoms with van der Waals surface area (Å²) in [5.41, 5.74) is 5.16. The normalized spacial score (nSPS) is 10.7. The molecule has 0 aliphatic heterocycles. The minimum atomic E-state index is -0.451. The number of carbonyl (C=O) groups excluding carboxylic acids is 2. The summed E-state index contributed by atoms with van der Waals surface area (Å²) in [5.74, 6) is 0.149. The van der Waals surface area contributed by atoms with E-state index in [2.05, 4.69) is 15.8 Å². The quantitative estimate of drug-likeness (QED) is 0.199. The predicted octanol–water partition coefficient (Wildman–Crippen LogP) is 4.49. The van der Waals surface area contributed by atoms with Gasteiger partial charge >= 0.3 is 0 Å². The van der Waals surface area contributed by atoms with Crippen LogP contribution in [-0.2, 0) is 4.79 Å². The summed E-state index contributed by atoms with van der Waals surface area (Å²) in [7, 11) is 0. The summed E-state index contributed by atoms with van der Waals surface area (Å²) in [4.78, 5) is 24.4. The summed E-state index contributed by atoms with van der Waals surface area (Å²) in [6.07, 6.45) is 1.46. The number of aromatic hydroxyl groups is 1. The van der Waals surface area contributed by atoms with Gasteiger partial charge in [-0.15, -0.1) is 0 Å². The van der Waals surface area contributed by atoms with Crippen LogP contribution in [0.5, 0.6) is 17.2 Å². The first-order valence-electron chi connectivity index (χ1n) is 10.4. The van der Waals surface area contributed by atoms with Crippen molar-refractivity contribution in [2.75, 3.05) is 18.5 Å². The summed E-state index contributed by atoms with van der Waals surface area (Å²) in [5, 5.41) is 16.5. The standard InChI is InChI=1S/C25H24IN3O5/c1-3-33-23-12-17(14-27-29-25(32)18-7-10-20(26)21(30)13-18)6-11-22(23)34-15-24(31)28-19-8-4-16(2)5-9-19/h4-14,30H,3,15H2,1-2H3,(H,28,31)(H,29,32)/b27-14-. The van der Waals surface area contributed by atoms with Gasteiger partial charge in [0.05, 0.1) is 16.4 Å². The summed E-state index contributed by atoms with van der Waals surface area (Å²) in [6.45, 7) is 4.03. The molecule has 3 aromatic carbocycles. The van der Waals surface area contributed by atoms with Crippen molar-refractivity contribution in [2.24, 2.45) is 5.10 Å². The summed E-state index contributed by atoms with van der Waals surface area (Å²) in [6, 6.07) is 17.2. The molecule has 0 bridgehead atoms. The molecule has 0 heterocycles. The lowest BCUT2D eigenvalue weighted by molar-refractivity contribution is -0.118. The van der Waals surface area contributed by atoms with Crippen LogP contribution in [-0.4, -0.2) is 36.3 Å². The van der Waals surface area contributed by atoms with E-state index in [9.17, 15) is 14.7 Å². The number of ether oxygens (including phenoxy) is 2. The molecule has 8 nitrogen and oxygen atoms in total. The van der Waals surface area contributed by atoms with Gasteiger partial charge in [-0.25, -0.2) is 5.43 Å². The number of hydrogen-bond donors (Lipinski definition) is 3. The molecule has 0 atom stereocenters. The lowest BCUT2D eigenvalue weighted by atomic mass is 10.2. The van der Waals surface area contributed by atoms with Gasteiger partial charge in [-0.2, -0.15) is 5.10 Å². The fourth-order valence-electron chi connectivity index (χ4n) is 2.85. The van der Waals surface area contributed by atoms with E-state index in [4.69, 9.17) is 9.47 Å². The third-order valence-electron chi connectivity index (χ3n) is 4.55. The second kappa shape index (κ2) is 12.0. The first-order chi connectivity index (χ1) is 16.4. The molecule has 2 amide bonds. The Labute approximate surface area is 211 Å². The molecule has 3 aromatic rings. The molecule has 0 unspecified atom stereocenters. The number of hydrazone groups is 1. The van der Waals surface area contributed by atoms with Crippen LogP contribution in [0, 0.1) is 10.5 Å². The van der Waals surface area contributed by atoms with Crippen LogP contribution in [0.3, 0.4) is 0 Å². The number of nitrogens with zero attached hydrogens (tertiary/aromatic N) is 1. The van der Waals surface area contributed by atoms with Crippen LogP contribution in [0.2, 0.25) is 0 Å². The number of rotatable bonds is 9. The Balaban J connectivity index is 1.60. The van der Waals surface area contributed by atoms with E-state index in [0.29, 0.717) is 32.9 Å². The third-order valence-corrected chi connectivity index (χ3v) is 5.46. The number of amides is 2. The van der Waals surface area contributed by atoms with E-state index in [1.54, 1.807) is 30.3 Å². The van der Waals surface area contributed by atoms with Crippen molar-refractivity contribution in [3.63, 3.8) is 0 Å². The summed E-state index contributed by atoms with van der Waals surface area (Å²) >= 11 is 1.97. The largest absolute Gasteiger partial charge is 0.507 e. The first kappa shape index (κ1) is 25.0. The first-order valence-corrected chi connectivity index (χ1v) is 11.5. The Morgan fingerprint density at radius 3 is 2.50 bits per heavy atom. The zero-order chi connectivity index (χ0) is 24.5. The van der Waals surface area contributed by atoms with Gasteiger partial charge in [0, 0.05) is 11.3 Å². The van der Waals surface area contributed by atoms with Gasteiger partial charge < -0.3 is 19.9 Å². The zero-order valence-corrected chi connectivity index (χ0v) is 20.8. The van der Waals surface area contributed by atoms with Crippen molar-refractivity contribution in [1.29, 1.82) is 0 Å². The van der Waals surface area contributed by atoms with Crippen molar-refractivity contribution >= 4 is 46.3 Å². The van der Waals surface area contributed by atoms with E-state index in [1.807, 2.05) is 60.7 Å². The van der Waals surface area contributed by atoms with E-state index in [0.717, 1.165) is 5.56 Å². The molecule has 0 aromatic heterocycles. The van der Waals surface area contributed by atoms with E-state index in [1.165, 1.54) is 12.3 Å². The highest BCUT2D eigenvalue weighted by atomic mass is 127. The molecule has 3 rings (SSSR count). The Bertz CT molecular complexity index is 1200. The molecular formula is C25H24IN3O5. The lowest BCUT2D eigenvalue weighted by Crippen LogP contribution is -2.20. The predicted molar refractivity (Wildman–Crippen MR) is 139 cm³/mol. The van der Waals surface area contributed by atoms with Gasteiger partial charge in [-0.1, -0.05) is 17.7 Å². The molecule has 0 fully saturated rings. The van der Waals surface area contributed by atoms with Crippen LogP contribution in [0.25, 0.3) is 0 Å². The number of phenolic OH excluding ortho intramolecular Hbond substituents is 1. The van der Waals surface area contributed by atoms with Crippen molar-refractivity contribution in [3.8, 4) is 17.2 Å². The molecule has 0 radical (unpaired) electrons. The Kier molecular flexibility index (Phi) is 8.86. The van der Waals surface area contributed by atoms with Crippen molar-refractivity contribution in [1.82, 2.24) is 5.43 Å². The zero-order valence-electron chi connectivity index (χ0n) is 18.7. The van der Waals surface area contributed by atoms with Crippen molar-refractivity contribution in [3.05, 3.63) is 80.9 Å². The van der Waals surface area contributed by atoms with Crippen LogP contribution in [0.1, 0.15) is 28.4 Å². The van der Waals surface area contributed by atoms with Gasteiger partial charge in [0.15, 0.2) is 18.1 Å². The fourth-order valence-corrected chi connectivity index (χ4v) is 3.19. The molecule has 0 aliphatic carbocycles. The highest BCUT2D eigenvalue weighted by Gasteiger charge is 2.10. The minimum Gasteiger partial charge on any atom is -0.507 e. The van der Waals surface area contributed by atoms with E-state index >= 15 is 0 Å². The SMILES string of the molecule is CCOc1cc(/C=N\NC(=O)c2ccc(I)c(O)c2)ccc1OCC(=O)Nc1ccc(C)cc1. The van der Waals surface area contributed by atoms with Crippen LogP contribution in [0.15, 0.2) is 65.8 Å². The second-order valence-corrected chi connectivity index (χ2v) is 8.37. The van der Waals surface area contributed by atoms with Crippen LogP contribution < -0.4 is 20.2 Å². The molecule has 3 N–H and O–H groups in total. The van der Waals surface area contributed by atoms with E-state index in [-0.39, 0.29) is 23.8 Å². The molecule has 9 heteroatoms. The molecular weight excluding hydrogens is 549 g/mol. The molecule has 0 saturated heterocycles. The highest BCUT2D eigenvalue weighted by Crippen LogP contribution is 2.28. The topological polar surface area (TPSA) is 109 Å². The molecule has 0 spiro atoms. The highest BCUT2D eigenvalue weighted by molar-refractivity contribution is 14.1. The summed E-state index contributed by atoms with van der Waals surface area (Å²) < 4.78 is 11.9. The maximum Gasteiger partial charge on any atom is 0.271 e. The smallest absolute Gasteiger partial charge is 0.271 e. The van der Waals surface area contributed by atoms with Crippen LogP contribution in [0.4, 0.5) is 5.69 Å². The number of halogens is 1. The minimum absolute atomic E-state index is 0.0294. The average molecular weight is 573 g/mol. The van der Waals surface area contributed by atoms with Gasteiger partial charge in [-0.3, -0.25) is 9.59 Å². The Morgan fingerprint density at radius 2 is 1.79 bits per heavy atom. The lowest BCUT2D eigenvalue weighted by Gasteiger charge is -2.12. The maximum atomic E-state index is 12.2. The molecule has 34 heavy (non-hydrogen) atoms. The maximum absolute atomic E-state index is 12.2. The number of phenols is 1. The fraction of sp³-hybridized carbons (Fsp3) is 0.160. The molecule has 0 saturated carbocycles.